The number of ether oxygens (including phenoxy) is 6. The Kier molecular flexibility index (Phi) is 21.1. The summed E-state index contributed by atoms with van der Waals surface area (Å²) in [7, 11) is 6.82. The predicted octanol–water partition coefficient (Wildman–Crippen LogP) is 7.18. The highest BCUT2D eigenvalue weighted by atomic mass is 32.2. The summed E-state index contributed by atoms with van der Waals surface area (Å²) in [6.07, 6.45) is 6.79. The van der Waals surface area contributed by atoms with Crippen molar-refractivity contribution in [2.75, 3.05) is 54.3 Å². The minimum Gasteiger partial charge on any atom is -0.460 e. The second kappa shape index (κ2) is 25.5. The molecular weight excluding hydrogens is 954 g/mol. The van der Waals surface area contributed by atoms with E-state index in [-0.39, 0.29) is 41.4 Å². The molecule has 3 fully saturated rings. The Morgan fingerprint density at radius 1 is 1.11 bits per heavy atom. The van der Waals surface area contributed by atoms with E-state index in [4.69, 9.17) is 34.8 Å². The zero-order chi connectivity index (χ0) is 54.3. The van der Waals surface area contributed by atoms with Crippen molar-refractivity contribution in [1.29, 1.82) is 0 Å². The van der Waals surface area contributed by atoms with Gasteiger partial charge in [0.15, 0.2) is 6.29 Å². The highest BCUT2D eigenvalue weighted by molar-refractivity contribution is 8.13. The standard InChI is InChI=1S/C56H88FN5O10S/c1-18-46-54(10,19-2)50(63)38(8)61(13)32-34(4)29-56(66,20-3)52(36(6)48(37(7)53(65)71-46)45-30-55(11,68-15)51(64)39(9)70-45)72-47-28-42(27-35(5)69-47)60(12)26-25-41-33-62(59-58-41)44(31-57)49(67-14)40-21-23-43(24-22-40)73(16)17/h2,20-24,33-37,39,42,44-52,63-64,66H,3,8,16,18,25-32H2,1,4-7,9-15,17H3/t34-,35-,36+,37-,39+,42+,44-,45-,46-,47+,48?,49-,50-,51+,52-,54+,55-,56-,73?/m1/s1. The molecule has 0 spiro atoms. The van der Waals surface area contributed by atoms with Crippen molar-refractivity contribution in [3.05, 3.63) is 66.7 Å². The van der Waals surface area contributed by atoms with Gasteiger partial charge in [0.05, 0.1) is 47.0 Å². The number of aliphatic hydroxyl groups excluding tert-OH is 2. The Morgan fingerprint density at radius 2 is 1.78 bits per heavy atom. The minimum atomic E-state index is -1.70. The summed E-state index contributed by atoms with van der Waals surface area (Å²) >= 11 is 0. The van der Waals surface area contributed by atoms with Crippen LogP contribution in [-0.4, -0.2) is 173 Å². The van der Waals surface area contributed by atoms with Crippen LogP contribution in [0, 0.1) is 41.4 Å². The van der Waals surface area contributed by atoms with Gasteiger partial charge in [-0.25, -0.2) is 9.07 Å². The highest BCUT2D eigenvalue weighted by Crippen LogP contribution is 2.46. The molecule has 73 heavy (non-hydrogen) atoms. The van der Waals surface area contributed by atoms with Crippen molar-refractivity contribution in [3.8, 4) is 12.3 Å². The number of aliphatic hydroxyl groups is 3. The van der Waals surface area contributed by atoms with Crippen LogP contribution in [0.1, 0.15) is 111 Å². The smallest absolute Gasteiger partial charge is 0.309 e. The highest BCUT2D eigenvalue weighted by Gasteiger charge is 2.55. The lowest BCUT2D eigenvalue weighted by Crippen LogP contribution is -2.61. The van der Waals surface area contributed by atoms with Crippen LogP contribution in [0.3, 0.4) is 0 Å². The lowest BCUT2D eigenvalue weighted by molar-refractivity contribution is -0.271. The Morgan fingerprint density at radius 3 is 2.36 bits per heavy atom. The number of aromatic nitrogens is 3. The first-order valence-corrected chi connectivity index (χ1v) is 27.7. The van der Waals surface area contributed by atoms with Crippen LogP contribution in [0.2, 0.25) is 0 Å². The Hall–Kier alpha value is -3.54. The van der Waals surface area contributed by atoms with Gasteiger partial charge in [-0.2, -0.15) is 10.5 Å². The van der Waals surface area contributed by atoms with Crippen molar-refractivity contribution < 1.29 is 52.9 Å². The number of halogens is 1. The fourth-order valence-corrected chi connectivity index (χ4v) is 12.4. The zero-order valence-corrected chi connectivity index (χ0v) is 46.7. The monoisotopic (exact) mass is 1040 g/mol. The van der Waals surface area contributed by atoms with Gasteiger partial charge >= 0.3 is 5.97 Å². The lowest BCUT2D eigenvalue weighted by atomic mass is 9.68. The van der Waals surface area contributed by atoms with Crippen LogP contribution < -0.4 is 0 Å². The summed E-state index contributed by atoms with van der Waals surface area (Å²) in [5.74, 6) is 3.87. The van der Waals surface area contributed by atoms with Crippen LogP contribution in [0.5, 0.6) is 0 Å². The van der Waals surface area contributed by atoms with Gasteiger partial charge in [0.2, 0.25) is 0 Å². The Balaban J connectivity index is 1.47. The number of hydrogen-bond acceptors (Lipinski definition) is 14. The number of terminal acetylenes is 1. The molecule has 2 unspecified atom stereocenters. The molecule has 0 bridgehead atoms. The molecule has 15 nitrogen and oxygen atoms in total. The topological polar surface area (TPSA) is 170 Å². The van der Waals surface area contributed by atoms with Gasteiger partial charge in [-0.1, -0.05) is 69.5 Å². The minimum absolute atomic E-state index is 0.0168. The molecule has 3 saturated heterocycles. The number of alkyl halides is 1. The van der Waals surface area contributed by atoms with Gasteiger partial charge in [-0.05, 0) is 89.8 Å². The van der Waals surface area contributed by atoms with Crippen molar-refractivity contribution in [3.63, 3.8) is 0 Å². The Bertz CT molecular complexity index is 2210. The van der Waals surface area contributed by atoms with E-state index < -0.39 is 102 Å². The number of benzene rings is 1. The van der Waals surface area contributed by atoms with Gasteiger partial charge < -0.3 is 53.5 Å². The molecule has 3 aliphatic heterocycles. The Labute approximate surface area is 438 Å². The van der Waals surface area contributed by atoms with Crippen molar-refractivity contribution in [2.45, 2.75) is 177 Å². The lowest BCUT2D eigenvalue weighted by Gasteiger charge is -2.51. The maximum Gasteiger partial charge on any atom is 0.309 e. The second-order valence-electron chi connectivity index (χ2n) is 21.9. The SMILES string of the molecule is C#C[C@]1(C)[C@H](O)C(=C)N(C)C[C@H](C)C[C@](O)(C=C)[C@H](O[C@H]2C[C@@H](N(C)CCc3cn([C@H](CF)[C@H](OC)c4ccc(S(=C)C)cc4)nn3)C[C@@H](C)O2)[C@@H](C)C([C@H]2C[C@@](C)(OC)[C@@H](O)[C@H](C)O2)[C@@H](C)C(=O)O[C@@H]1CC. The third kappa shape index (κ3) is 13.5. The van der Waals surface area contributed by atoms with E-state index in [1.54, 1.807) is 45.9 Å². The summed E-state index contributed by atoms with van der Waals surface area (Å²) in [5, 5.41) is 45.2. The van der Waals surface area contributed by atoms with Gasteiger partial charge in [-0.15, -0.1) is 18.1 Å². The number of likely N-dealkylation sites (N-methyl/N-ethyl adjacent to an activating group) is 2. The largest absolute Gasteiger partial charge is 0.460 e. The molecule has 0 aliphatic carbocycles. The second-order valence-corrected chi connectivity index (χ2v) is 23.6. The molecular formula is C56H88FN5O10S. The fourth-order valence-electron chi connectivity index (χ4n) is 11.8. The number of hydrogen-bond donors (Lipinski definition) is 3. The maximum atomic E-state index is 14.8. The van der Waals surface area contributed by atoms with E-state index in [2.05, 4.69) is 40.2 Å². The van der Waals surface area contributed by atoms with E-state index in [0.717, 1.165) is 10.5 Å². The average Bonchev–Trinajstić information content (AvgIpc) is 3.84. The van der Waals surface area contributed by atoms with Gasteiger partial charge in [0.25, 0.3) is 0 Å². The maximum absolute atomic E-state index is 14.8. The normalized spacial score (nSPS) is 37.6. The average molecular weight is 1040 g/mol. The summed E-state index contributed by atoms with van der Waals surface area (Å²) in [4.78, 5) is 20.0. The summed E-state index contributed by atoms with van der Waals surface area (Å²) in [6.45, 7) is 23.6. The third-order valence-electron chi connectivity index (χ3n) is 16.5. The first kappa shape index (κ1) is 60.3. The van der Waals surface area contributed by atoms with Gasteiger partial charge in [0.1, 0.15) is 42.7 Å². The number of esters is 1. The zero-order valence-electron chi connectivity index (χ0n) is 45.9. The van der Waals surface area contributed by atoms with Crippen LogP contribution >= 0.6 is 10.5 Å². The molecule has 17 heteroatoms. The first-order chi connectivity index (χ1) is 34.3. The number of nitrogens with zero attached hydrogens (tertiary/aromatic N) is 5. The van der Waals surface area contributed by atoms with E-state index in [9.17, 15) is 24.5 Å². The van der Waals surface area contributed by atoms with Crippen molar-refractivity contribution in [2.24, 2.45) is 29.1 Å². The summed E-state index contributed by atoms with van der Waals surface area (Å²) < 4.78 is 55.0. The molecule has 2 aromatic rings. The molecule has 19 atom stereocenters. The van der Waals surface area contributed by atoms with E-state index >= 15 is 0 Å². The molecule has 0 radical (unpaired) electrons. The molecule has 1 aromatic heterocycles. The van der Waals surface area contributed by atoms with Gasteiger partial charge in [0, 0.05) is 82.4 Å². The van der Waals surface area contributed by atoms with Crippen LogP contribution in [0.25, 0.3) is 0 Å². The molecule has 3 N–H and O–H groups in total. The number of carbonyl (C=O) groups excluding carboxylic acids is 1. The van der Waals surface area contributed by atoms with Gasteiger partial charge in [-0.3, -0.25) is 4.79 Å². The quantitative estimate of drug-likeness (QED) is 0.0669. The number of methoxy groups -OCH3 is 2. The molecule has 410 valence electrons. The summed E-state index contributed by atoms with van der Waals surface area (Å²) in [5.41, 5.74) is -2.19. The molecule has 4 heterocycles. The predicted molar refractivity (Wildman–Crippen MR) is 285 cm³/mol. The molecule has 3 aliphatic rings. The van der Waals surface area contributed by atoms with E-state index in [1.165, 1.54) is 6.08 Å². The van der Waals surface area contributed by atoms with Crippen molar-refractivity contribution in [1.82, 2.24) is 24.8 Å². The van der Waals surface area contributed by atoms with Crippen LogP contribution in [-0.2, 0) is 39.6 Å². The first-order valence-electron chi connectivity index (χ1n) is 25.9. The number of cyclic esters (lactones) is 1. The van der Waals surface area contributed by atoms with E-state index in [1.807, 2.05) is 84.1 Å². The van der Waals surface area contributed by atoms with Crippen LogP contribution in [0.15, 0.2) is 60.3 Å². The molecule has 0 saturated carbocycles. The number of rotatable bonds is 16. The fraction of sp³-hybridized carbons (Fsp3) is 0.714. The third-order valence-corrected chi connectivity index (χ3v) is 17.5. The van der Waals surface area contributed by atoms with Crippen molar-refractivity contribution >= 4 is 22.3 Å². The number of carbonyl (C=O) groups is 1. The molecule has 1 aromatic carbocycles. The molecule has 5 rings (SSSR count). The summed E-state index contributed by atoms with van der Waals surface area (Å²) in [6, 6.07) is 7.17. The van der Waals surface area contributed by atoms with E-state index in [0.29, 0.717) is 50.2 Å². The van der Waals surface area contributed by atoms with Crippen LogP contribution in [0.4, 0.5) is 4.39 Å². The molecule has 0 amide bonds.